The number of nitrogens with zero attached hydrogens (tertiary/aromatic N) is 2. The van der Waals surface area contributed by atoms with Crippen molar-refractivity contribution in [1.29, 1.82) is 0 Å². The second-order valence-corrected chi connectivity index (χ2v) is 11.0. The van der Waals surface area contributed by atoms with Crippen LogP contribution in [0, 0.1) is 0 Å². The Labute approximate surface area is 254 Å². The Morgan fingerprint density at radius 1 is 0.905 bits per heavy atom. The number of imidazole rings is 1. The number of halogens is 2. The highest BCUT2D eigenvalue weighted by atomic mass is 35.5. The minimum Gasteiger partial charge on any atom is -0.392 e. The topological polar surface area (TPSA) is 135 Å². The molecule has 2 amide bonds. The van der Waals surface area contributed by atoms with E-state index in [1.54, 1.807) is 16.4 Å². The number of aliphatic hydroxyl groups excluding tert-OH is 1. The molecule has 0 bridgehead atoms. The van der Waals surface area contributed by atoms with Crippen LogP contribution in [0.25, 0.3) is 0 Å². The van der Waals surface area contributed by atoms with Crippen LogP contribution in [0.1, 0.15) is 79.6 Å². The Morgan fingerprint density at radius 2 is 1.55 bits per heavy atom. The summed E-state index contributed by atoms with van der Waals surface area (Å²) in [5, 5.41) is 21.5. The monoisotopic (exact) mass is 618 g/mol. The van der Waals surface area contributed by atoms with Gasteiger partial charge in [-0.05, 0) is 29.5 Å². The highest BCUT2D eigenvalue weighted by Crippen LogP contribution is 2.39. The van der Waals surface area contributed by atoms with E-state index in [2.05, 4.69) is 10.3 Å². The van der Waals surface area contributed by atoms with Gasteiger partial charge in [0.2, 0.25) is 11.8 Å². The van der Waals surface area contributed by atoms with Crippen LogP contribution in [0.2, 0.25) is 10.3 Å². The Balaban J connectivity index is 1.33. The lowest BCUT2D eigenvalue weighted by atomic mass is 10.00. The van der Waals surface area contributed by atoms with Crippen molar-refractivity contribution in [3.63, 3.8) is 0 Å². The molecule has 4 N–H and O–H groups in total. The maximum absolute atomic E-state index is 12.3. The van der Waals surface area contributed by atoms with Gasteiger partial charge in [0.05, 0.1) is 31.7 Å². The largest absolute Gasteiger partial charge is 0.392 e. The van der Waals surface area contributed by atoms with E-state index >= 15 is 0 Å². The lowest BCUT2D eigenvalue weighted by Gasteiger charge is -2.36. The third-order valence-electron chi connectivity index (χ3n) is 7.17. The normalized spacial score (nSPS) is 18.5. The van der Waals surface area contributed by atoms with Crippen molar-refractivity contribution in [3.8, 4) is 0 Å². The number of carbonyl (C=O) groups is 2. The van der Waals surface area contributed by atoms with E-state index < -0.39 is 12.2 Å². The Bertz CT molecular complexity index is 1300. The molecule has 3 aromatic rings. The summed E-state index contributed by atoms with van der Waals surface area (Å²) in [6.45, 7) is 0.830. The summed E-state index contributed by atoms with van der Waals surface area (Å²) in [5.41, 5.74) is 5.22. The molecule has 1 saturated heterocycles. The molecule has 10 nitrogen and oxygen atoms in total. The smallest absolute Gasteiger partial charge is 0.243 e. The molecule has 2 aromatic carbocycles. The molecule has 1 aliphatic rings. The average molecular weight is 620 g/mol. The quantitative estimate of drug-likeness (QED) is 0.108. The zero-order valence-corrected chi connectivity index (χ0v) is 24.7. The summed E-state index contributed by atoms with van der Waals surface area (Å²) in [5.74, 6) is -0.416. The zero-order valence-electron chi connectivity index (χ0n) is 23.2. The predicted molar refractivity (Wildman–Crippen MR) is 157 cm³/mol. The molecule has 4 rings (SSSR count). The lowest BCUT2D eigenvalue weighted by molar-refractivity contribution is -0.252. The summed E-state index contributed by atoms with van der Waals surface area (Å²) in [7, 11) is 0. The fraction of sp³-hybridized carbons (Fsp3) is 0.433. The van der Waals surface area contributed by atoms with Crippen molar-refractivity contribution in [2.45, 2.75) is 83.1 Å². The molecule has 0 saturated carbocycles. The van der Waals surface area contributed by atoms with Crippen LogP contribution in [0.3, 0.4) is 0 Å². The predicted octanol–water partition coefficient (Wildman–Crippen LogP) is 5.39. The van der Waals surface area contributed by atoms with Crippen LogP contribution in [-0.2, 0) is 38.8 Å². The number of rotatable bonds is 14. The van der Waals surface area contributed by atoms with Crippen LogP contribution < -0.4 is 10.8 Å². The minimum absolute atomic E-state index is 0.0257. The SMILES string of the molecule is O=C(CCCCCCC(=O)NCc1ccc([C@H]2O[C@@H](Cn3cnc(Cl)c3Cl)C[C@@H](c3ccc(CO)cc3)O2)cc1)NO. The Hall–Kier alpha value is -2.99. The van der Waals surface area contributed by atoms with Gasteiger partial charge in [0, 0.05) is 31.4 Å². The molecule has 1 fully saturated rings. The average Bonchev–Trinajstić information content (AvgIpc) is 3.33. The van der Waals surface area contributed by atoms with Gasteiger partial charge in [-0.2, -0.15) is 0 Å². The molecular formula is C30H36Cl2N4O6. The molecule has 0 spiro atoms. The van der Waals surface area contributed by atoms with Crippen LogP contribution >= 0.6 is 23.2 Å². The number of hydroxylamine groups is 1. The van der Waals surface area contributed by atoms with E-state index in [9.17, 15) is 14.7 Å². The van der Waals surface area contributed by atoms with Crippen LogP contribution in [-0.4, -0.2) is 37.8 Å². The van der Waals surface area contributed by atoms with Gasteiger partial charge in [0.25, 0.3) is 0 Å². The fourth-order valence-corrected chi connectivity index (χ4v) is 5.10. The van der Waals surface area contributed by atoms with Crippen molar-refractivity contribution >= 4 is 35.0 Å². The van der Waals surface area contributed by atoms with Crippen molar-refractivity contribution in [2.24, 2.45) is 0 Å². The van der Waals surface area contributed by atoms with Gasteiger partial charge in [0.15, 0.2) is 11.4 Å². The fourth-order valence-electron chi connectivity index (χ4n) is 4.78. The highest BCUT2D eigenvalue weighted by molar-refractivity contribution is 6.40. The first-order valence-corrected chi connectivity index (χ1v) is 14.8. The lowest BCUT2D eigenvalue weighted by Crippen LogP contribution is -2.32. The van der Waals surface area contributed by atoms with E-state index in [0.29, 0.717) is 37.5 Å². The van der Waals surface area contributed by atoms with Gasteiger partial charge in [-0.1, -0.05) is 84.6 Å². The second-order valence-electron chi connectivity index (χ2n) is 10.3. The number of benzene rings is 2. The number of ether oxygens (including phenoxy) is 2. The van der Waals surface area contributed by atoms with Gasteiger partial charge in [0.1, 0.15) is 5.15 Å². The highest BCUT2D eigenvalue weighted by Gasteiger charge is 2.33. The number of aromatic nitrogens is 2. The molecule has 0 unspecified atom stereocenters. The van der Waals surface area contributed by atoms with Crippen molar-refractivity contribution in [2.75, 3.05) is 0 Å². The maximum Gasteiger partial charge on any atom is 0.243 e. The number of hydrogen-bond acceptors (Lipinski definition) is 7. The number of unbranched alkanes of at least 4 members (excludes halogenated alkanes) is 3. The molecule has 1 aromatic heterocycles. The number of aliphatic hydroxyl groups is 1. The molecule has 2 heterocycles. The maximum atomic E-state index is 12.3. The summed E-state index contributed by atoms with van der Waals surface area (Å²) in [6.07, 6.45) is 4.85. The first-order chi connectivity index (χ1) is 20.4. The summed E-state index contributed by atoms with van der Waals surface area (Å²) in [6, 6.07) is 15.4. The van der Waals surface area contributed by atoms with E-state index in [1.165, 1.54) is 0 Å². The van der Waals surface area contributed by atoms with Gasteiger partial charge < -0.3 is 24.5 Å². The van der Waals surface area contributed by atoms with Gasteiger partial charge in [-0.25, -0.2) is 10.5 Å². The van der Waals surface area contributed by atoms with E-state index in [1.807, 2.05) is 48.5 Å². The molecule has 0 aliphatic carbocycles. The Kier molecular flexibility index (Phi) is 12.2. The summed E-state index contributed by atoms with van der Waals surface area (Å²) in [4.78, 5) is 27.3. The third kappa shape index (κ3) is 9.26. The van der Waals surface area contributed by atoms with Crippen LogP contribution in [0.5, 0.6) is 0 Å². The summed E-state index contributed by atoms with van der Waals surface area (Å²) >= 11 is 12.4. The van der Waals surface area contributed by atoms with Crippen LogP contribution in [0.4, 0.5) is 0 Å². The number of carbonyl (C=O) groups excluding carboxylic acids is 2. The van der Waals surface area contributed by atoms with E-state index in [-0.39, 0.29) is 36.3 Å². The molecule has 42 heavy (non-hydrogen) atoms. The van der Waals surface area contributed by atoms with Gasteiger partial charge >= 0.3 is 0 Å². The van der Waals surface area contributed by atoms with Gasteiger partial charge in [-0.15, -0.1) is 0 Å². The van der Waals surface area contributed by atoms with Crippen LogP contribution in [0.15, 0.2) is 54.9 Å². The van der Waals surface area contributed by atoms with E-state index in [0.717, 1.165) is 41.5 Å². The number of nitrogens with one attached hydrogen (secondary N) is 2. The number of hydrogen-bond donors (Lipinski definition) is 4. The first-order valence-electron chi connectivity index (χ1n) is 14.0. The molecule has 0 radical (unpaired) electrons. The van der Waals surface area contributed by atoms with Crippen molar-refractivity contribution in [1.82, 2.24) is 20.3 Å². The van der Waals surface area contributed by atoms with E-state index in [4.69, 9.17) is 37.9 Å². The molecular weight excluding hydrogens is 583 g/mol. The van der Waals surface area contributed by atoms with Gasteiger partial charge in [-0.3, -0.25) is 14.8 Å². The first kappa shape index (κ1) is 31.9. The standard InChI is InChI=1S/C30H36Cl2N4O6/c31-28-29(32)36(19-34-28)17-24-15-25(22-11-9-21(18-37)10-12-22)42-30(41-24)23-13-7-20(8-14-23)16-33-26(38)5-3-1-2-4-6-27(39)35-40/h7-14,19,24-25,30,37,40H,1-6,15-18H2,(H,33,38)(H,35,39)/t24-,25+,30+/m1/s1. The minimum atomic E-state index is -0.629. The Morgan fingerprint density at radius 3 is 2.17 bits per heavy atom. The third-order valence-corrected chi connectivity index (χ3v) is 7.94. The van der Waals surface area contributed by atoms with Crippen molar-refractivity contribution < 1.29 is 29.4 Å². The summed E-state index contributed by atoms with van der Waals surface area (Å²) < 4.78 is 14.5. The molecule has 3 atom stereocenters. The molecule has 12 heteroatoms. The van der Waals surface area contributed by atoms with Crippen molar-refractivity contribution in [3.05, 3.63) is 87.4 Å². The molecule has 226 valence electrons. The second kappa shape index (κ2) is 16.0. The zero-order chi connectivity index (χ0) is 29.9. The number of amides is 2. The molecule has 1 aliphatic heterocycles.